The van der Waals surface area contributed by atoms with Crippen LogP contribution in [-0.2, 0) is 0 Å². The van der Waals surface area contributed by atoms with Gasteiger partial charge in [-0.05, 0) is 49.9 Å². The van der Waals surface area contributed by atoms with E-state index < -0.39 is 0 Å². The van der Waals surface area contributed by atoms with Gasteiger partial charge in [0.25, 0.3) is 0 Å². The van der Waals surface area contributed by atoms with Crippen molar-refractivity contribution in [3.05, 3.63) is 70.8 Å². The molecule has 0 aliphatic heterocycles. The Kier molecular flexibility index (Phi) is 9.52. The van der Waals surface area contributed by atoms with E-state index in [2.05, 4.69) is 90.1 Å². The van der Waals surface area contributed by atoms with Crippen LogP contribution < -0.4 is 0 Å². The average Bonchev–Trinajstić information content (AvgIpc) is 2.38. The summed E-state index contributed by atoms with van der Waals surface area (Å²) in [5.74, 6) is 0. The summed E-state index contributed by atoms with van der Waals surface area (Å²) in [6, 6.07) is 16.7. The van der Waals surface area contributed by atoms with Crippen molar-refractivity contribution in [2.45, 2.75) is 48.0 Å². The van der Waals surface area contributed by atoms with Gasteiger partial charge in [-0.25, -0.2) is 0 Å². The number of rotatable bonds is 0. The van der Waals surface area contributed by atoms with Crippen LogP contribution >= 0.6 is 0 Å². The third kappa shape index (κ3) is 8.20. The van der Waals surface area contributed by atoms with E-state index in [1.165, 1.54) is 28.7 Å². The van der Waals surface area contributed by atoms with Crippen molar-refractivity contribution in [3.63, 3.8) is 0 Å². The molecule has 2 aromatic rings. The molecule has 104 valence electrons. The first-order chi connectivity index (χ1) is 9.02. The van der Waals surface area contributed by atoms with Gasteiger partial charge in [-0.15, -0.1) is 0 Å². The normalized spacial score (nSPS) is 8.74. The highest BCUT2D eigenvalue weighted by atomic mass is 13.9. The number of aryl methyl sites for hydroxylation is 4. The Labute approximate surface area is 119 Å². The fourth-order valence-electron chi connectivity index (χ4n) is 1.33. The predicted molar refractivity (Wildman–Crippen MR) is 87.8 cm³/mol. The maximum absolute atomic E-state index is 2.12. The predicted octanol–water partition coefficient (Wildman–Crippen LogP) is 6.02. The lowest BCUT2D eigenvalue weighted by atomic mass is 10.1. The molecular formula is C19H28. The van der Waals surface area contributed by atoms with Gasteiger partial charge in [-0.3, -0.25) is 0 Å². The molecule has 0 bridgehead atoms. The molecule has 0 nitrogen and oxygen atoms in total. The molecular weight excluding hydrogens is 228 g/mol. The summed E-state index contributed by atoms with van der Waals surface area (Å²) < 4.78 is 0. The Balaban J connectivity index is 0.000000284. The summed E-state index contributed by atoms with van der Waals surface area (Å²) in [4.78, 5) is 0. The SMILES string of the molecule is CCC.Cc1ccccc1C.Cc1ccccc1C. The molecule has 19 heavy (non-hydrogen) atoms. The smallest absolute Gasteiger partial charge is 0.0395 e. The van der Waals surface area contributed by atoms with E-state index in [0.717, 1.165) is 0 Å². The molecule has 0 saturated heterocycles. The molecule has 0 heteroatoms. The molecule has 0 unspecified atom stereocenters. The highest BCUT2D eigenvalue weighted by molar-refractivity contribution is 5.23. The van der Waals surface area contributed by atoms with Crippen LogP contribution in [0.15, 0.2) is 48.5 Å². The highest BCUT2D eigenvalue weighted by Crippen LogP contribution is 2.03. The second-order valence-electron chi connectivity index (χ2n) is 4.88. The zero-order valence-electron chi connectivity index (χ0n) is 13.3. The number of benzene rings is 2. The summed E-state index contributed by atoms with van der Waals surface area (Å²) in [7, 11) is 0. The fourth-order valence-corrected chi connectivity index (χ4v) is 1.33. The van der Waals surface area contributed by atoms with E-state index in [1.807, 2.05) is 0 Å². The molecule has 0 radical (unpaired) electrons. The van der Waals surface area contributed by atoms with Gasteiger partial charge in [-0.1, -0.05) is 68.8 Å². The second kappa shape index (κ2) is 10.4. The molecule has 0 amide bonds. The largest absolute Gasteiger partial charge is 0.0656 e. The van der Waals surface area contributed by atoms with Crippen LogP contribution in [0.25, 0.3) is 0 Å². The van der Waals surface area contributed by atoms with E-state index in [1.54, 1.807) is 0 Å². The first-order valence-corrected chi connectivity index (χ1v) is 7.07. The van der Waals surface area contributed by atoms with Gasteiger partial charge in [0.05, 0.1) is 0 Å². The van der Waals surface area contributed by atoms with Crippen LogP contribution in [0.4, 0.5) is 0 Å². The van der Waals surface area contributed by atoms with Gasteiger partial charge in [-0.2, -0.15) is 0 Å². The van der Waals surface area contributed by atoms with Gasteiger partial charge in [0, 0.05) is 0 Å². The van der Waals surface area contributed by atoms with E-state index in [4.69, 9.17) is 0 Å². The van der Waals surface area contributed by atoms with Crippen LogP contribution in [0.1, 0.15) is 42.5 Å². The van der Waals surface area contributed by atoms with Crippen molar-refractivity contribution < 1.29 is 0 Å². The van der Waals surface area contributed by atoms with Crippen molar-refractivity contribution in [1.82, 2.24) is 0 Å². The Morgan fingerprint density at radius 1 is 0.526 bits per heavy atom. The van der Waals surface area contributed by atoms with Crippen molar-refractivity contribution >= 4 is 0 Å². The Morgan fingerprint density at radius 2 is 0.684 bits per heavy atom. The van der Waals surface area contributed by atoms with Gasteiger partial charge >= 0.3 is 0 Å². The van der Waals surface area contributed by atoms with Crippen LogP contribution in [0.5, 0.6) is 0 Å². The minimum Gasteiger partial charge on any atom is -0.0656 e. The zero-order chi connectivity index (χ0) is 14.7. The molecule has 0 saturated carbocycles. The molecule has 2 aromatic carbocycles. The Hall–Kier alpha value is -1.56. The maximum atomic E-state index is 2.12. The molecule has 0 fully saturated rings. The topological polar surface area (TPSA) is 0 Å². The van der Waals surface area contributed by atoms with E-state index >= 15 is 0 Å². The molecule has 0 heterocycles. The number of hydrogen-bond donors (Lipinski definition) is 0. The first kappa shape index (κ1) is 17.4. The van der Waals surface area contributed by atoms with Crippen LogP contribution in [0.3, 0.4) is 0 Å². The standard InChI is InChI=1S/2C8H10.C3H8/c2*1-7-5-3-4-6-8(7)2;1-3-2/h2*3-6H,1-2H3;3H2,1-2H3. The van der Waals surface area contributed by atoms with Gasteiger partial charge in [0.2, 0.25) is 0 Å². The van der Waals surface area contributed by atoms with Gasteiger partial charge in [0.1, 0.15) is 0 Å². The summed E-state index contributed by atoms with van der Waals surface area (Å²) in [5.41, 5.74) is 5.47. The quantitative estimate of drug-likeness (QED) is 0.540. The third-order valence-electron chi connectivity index (χ3n) is 2.85. The molecule has 0 N–H and O–H groups in total. The van der Waals surface area contributed by atoms with Crippen LogP contribution in [0, 0.1) is 27.7 Å². The summed E-state index contributed by atoms with van der Waals surface area (Å²) in [6.07, 6.45) is 1.25. The minimum absolute atomic E-state index is 1.25. The van der Waals surface area contributed by atoms with Crippen molar-refractivity contribution in [1.29, 1.82) is 0 Å². The summed E-state index contributed by atoms with van der Waals surface area (Å²) in [5, 5.41) is 0. The highest BCUT2D eigenvalue weighted by Gasteiger charge is 1.84. The van der Waals surface area contributed by atoms with Crippen LogP contribution in [-0.4, -0.2) is 0 Å². The molecule has 0 aliphatic rings. The van der Waals surface area contributed by atoms with Crippen molar-refractivity contribution in [2.75, 3.05) is 0 Å². The van der Waals surface area contributed by atoms with Gasteiger partial charge < -0.3 is 0 Å². The van der Waals surface area contributed by atoms with Crippen molar-refractivity contribution in [2.24, 2.45) is 0 Å². The Bertz CT molecular complexity index is 370. The molecule has 2 rings (SSSR count). The lowest BCUT2D eigenvalue weighted by molar-refractivity contribution is 1.09. The average molecular weight is 256 g/mol. The van der Waals surface area contributed by atoms with Crippen LogP contribution in [0.2, 0.25) is 0 Å². The monoisotopic (exact) mass is 256 g/mol. The lowest BCUT2D eigenvalue weighted by Gasteiger charge is -1.93. The zero-order valence-corrected chi connectivity index (χ0v) is 13.3. The summed E-state index contributed by atoms with van der Waals surface area (Å²) >= 11 is 0. The fraction of sp³-hybridized carbons (Fsp3) is 0.368. The Morgan fingerprint density at radius 3 is 0.789 bits per heavy atom. The molecule has 0 atom stereocenters. The van der Waals surface area contributed by atoms with E-state index in [9.17, 15) is 0 Å². The minimum atomic E-state index is 1.25. The lowest BCUT2D eigenvalue weighted by Crippen LogP contribution is -1.74. The van der Waals surface area contributed by atoms with E-state index in [0.29, 0.717) is 0 Å². The third-order valence-corrected chi connectivity index (χ3v) is 2.85. The maximum Gasteiger partial charge on any atom is -0.0395 e. The van der Waals surface area contributed by atoms with Crippen molar-refractivity contribution in [3.8, 4) is 0 Å². The summed E-state index contributed by atoms with van der Waals surface area (Å²) in [6.45, 7) is 12.7. The molecule has 0 spiro atoms. The number of hydrogen-bond acceptors (Lipinski definition) is 0. The first-order valence-electron chi connectivity index (χ1n) is 7.07. The second-order valence-corrected chi connectivity index (χ2v) is 4.88. The van der Waals surface area contributed by atoms with Gasteiger partial charge in [0.15, 0.2) is 0 Å². The molecule has 0 aliphatic carbocycles. The van der Waals surface area contributed by atoms with E-state index in [-0.39, 0.29) is 0 Å². The molecule has 0 aromatic heterocycles.